The Morgan fingerprint density at radius 2 is 2.05 bits per heavy atom. The van der Waals surface area contributed by atoms with Crippen LogP contribution in [0.5, 0.6) is 0 Å². The molecule has 1 aromatic heterocycles. The summed E-state index contributed by atoms with van der Waals surface area (Å²) in [5.74, 6) is 0.575. The van der Waals surface area contributed by atoms with Gasteiger partial charge in [-0.2, -0.15) is 0 Å². The Balaban J connectivity index is 2.31. The molecule has 0 amide bonds. The molecular weight excluding hydrogens is 273 g/mol. The van der Waals surface area contributed by atoms with Gasteiger partial charge in [-0.3, -0.25) is 0 Å². The summed E-state index contributed by atoms with van der Waals surface area (Å²) < 4.78 is 23.5. The van der Waals surface area contributed by atoms with E-state index in [9.17, 15) is 9.18 Å². The Labute approximate surface area is 122 Å². The van der Waals surface area contributed by atoms with Crippen LogP contribution in [0.2, 0.25) is 0 Å². The number of hydrogen-bond donors (Lipinski definition) is 1. The van der Waals surface area contributed by atoms with Gasteiger partial charge in [-0.15, -0.1) is 0 Å². The van der Waals surface area contributed by atoms with Gasteiger partial charge < -0.3 is 14.5 Å². The molecule has 0 aliphatic carbocycles. The summed E-state index contributed by atoms with van der Waals surface area (Å²) in [6.07, 6.45) is 0. The maximum atomic E-state index is 13.3. The van der Waals surface area contributed by atoms with Crippen molar-refractivity contribution < 1.29 is 18.3 Å². The number of carbonyl (C=O) groups is 1. The van der Waals surface area contributed by atoms with Crippen molar-refractivity contribution in [3.05, 3.63) is 52.7 Å². The number of esters is 1. The molecular formula is C16H18FNO3. The fourth-order valence-corrected chi connectivity index (χ4v) is 2.31. The predicted octanol–water partition coefficient (Wildman–Crippen LogP) is 4.00. The van der Waals surface area contributed by atoms with E-state index in [1.54, 1.807) is 0 Å². The van der Waals surface area contributed by atoms with Crippen molar-refractivity contribution in [2.45, 2.75) is 26.8 Å². The van der Waals surface area contributed by atoms with Crippen LogP contribution in [0.1, 0.15) is 40.4 Å². The van der Waals surface area contributed by atoms with E-state index in [0.29, 0.717) is 5.69 Å². The number of benzene rings is 1. The smallest absolute Gasteiger partial charge is 0.340 e. The van der Waals surface area contributed by atoms with Crippen LogP contribution >= 0.6 is 0 Å². The topological polar surface area (TPSA) is 51.5 Å². The number of methoxy groups -OCH3 is 1. The summed E-state index contributed by atoms with van der Waals surface area (Å²) >= 11 is 0. The maximum absolute atomic E-state index is 13.3. The third-order valence-corrected chi connectivity index (χ3v) is 3.30. The van der Waals surface area contributed by atoms with E-state index in [2.05, 4.69) is 10.1 Å². The highest BCUT2D eigenvalue weighted by Gasteiger charge is 2.17. The molecule has 0 saturated heterocycles. The molecule has 1 unspecified atom stereocenters. The van der Waals surface area contributed by atoms with Crippen LogP contribution in [0, 0.1) is 19.7 Å². The van der Waals surface area contributed by atoms with Gasteiger partial charge in [-0.05, 0) is 45.0 Å². The average Bonchev–Trinajstić information content (AvgIpc) is 2.78. The van der Waals surface area contributed by atoms with Crippen LogP contribution in [0.3, 0.4) is 0 Å². The van der Waals surface area contributed by atoms with Crippen molar-refractivity contribution in [2.75, 3.05) is 12.4 Å². The van der Waals surface area contributed by atoms with Crippen LogP contribution in [-0.4, -0.2) is 13.1 Å². The predicted molar refractivity (Wildman–Crippen MR) is 78.0 cm³/mol. The SMILES string of the molecule is COC(=O)c1cc(F)ccc1NC(C)c1cc(C)oc1C. The lowest BCUT2D eigenvalue weighted by Crippen LogP contribution is -2.12. The minimum atomic E-state index is -0.579. The number of halogens is 1. The summed E-state index contributed by atoms with van der Waals surface area (Å²) in [4.78, 5) is 11.7. The number of aryl methyl sites for hydroxylation is 2. The van der Waals surface area contributed by atoms with Crippen molar-refractivity contribution in [2.24, 2.45) is 0 Å². The highest BCUT2D eigenvalue weighted by Crippen LogP contribution is 2.27. The third-order valence-electron chi connectivity index (χ3n) is 3.30. The summed E-state index contributed by atoms with van der Waals surface area (Å²) in [5, 5.41) is 3.20. The monoisotopic (exact) mass is 291 g/mol. The summed E-state index contributed by atoms with van der Waals surface area (Å²) in [6.45, 7) is 5.70. The van der Waals surface area contributed by atoms with Gasteiger partial charge in [-0.1, -0.05) is 0 Å². The molecule has 1 heterocycles. The third kappa shape index (κ3) is 3.24. The Hall–Kier alpha value is -2.30. The van der Waals surface area contributed by atoms with Gasteiger partial charge in [0.1, 0.15) is 17.3 Å². The first-order valence-corrected chi connectivity index (χ1v) is 6.63. The molecule has 4 nitrogen and oxygen atoms in total. The van der Waals surface area contributed by atoms with Gasteiger partial charge >= 0.3 is 5.97 Å². The molecule has 5 heteroatoms. The molecule has 0 aliphatic heterocycles. The first-order chi connectivity index (χ1) is 9.92. The van der Waals surface area contributed by atoms with E-state index in [1.807, 2.05) is 26.8 Å². The van der Waals surface area contributed by atoms with Gasteiger partial charge in [0.15, 0.2) is 0 Å². The zero-order valence-electron chi connectivity index (χ0n) is 12.5. The summed E-state index contributed by atoms with van der Waals surface area (Å²) in [7, 11) is 1.27. The van der Waals surface area contributed by atoms with E-state index in [-0.39, 0.29) is 11.6 Å². The van der Waals surface area contributed by atoms with Crippen molar-refractivity contribution in [1.29, 1.82) is 0 Å². The molecule has 0 radical (unpaired) electrons. The van der Waals surface area contributed by atoms with Crippen LogP contribution in [-0.2, 0) is 4.74 Å². The molecule has 21 heavy (non-hydrogen) atoms. The fraction of sp³-hybridized carbons (Fsp3) is 0.312. The standard InChI is InChI=1S/C16H18FNO3/c1-9-7-13(11(3)21-9)10(2)18-15-6-5-12(17)8-14(15)16(19)20-4/h5-8,10,18H,1-4H3. The highest BCUT2D eigenvalue weighted by molar-refractivity contribution is 5.95. The zero-order chi connectivity index (χ0) is 15.6. The quantitative estimate of drug-likeness (QED) is 0.865. The van der Waals surface area contributed by atoms with Gasteiger partial charge in [0.2, 0.25) is 0 Å². The fourth-order valence-electron chi connectivity index (χ4n) is 2.31. The number of anilines is 1. The molecule has 0 spiro atoms. The van der Waals surface area contributed by atoms with E-state index in [1.165, 1.54) is 19.2 Å². The largest absolute Gasteiger partial charge is 0.466 e. The summed E-state index contributed by atoms with van der Waals surface area (Å²) in [5.41, 5.74) is 1.68. The number of rotatable bonds is 4. The minimum absolute atomic E-state index is 0.0867. The Kier molecular flexibility index (Phi) is 4.31. The average molecular weight is 291 g/mol. The Bertz CT molecular complexity index is 664. The second kappa shape index (κ2) is 5.99. The molecule has 0 bridgehead atoms. The number of furan rings is 1. The van der Waals surface area contributed by atoms with Gasteiger partial charge in [0, 0.05) is 11.3 Å². The maximum Gasteiger partial charge on any atom is 0.340 e. The van der Waals surface area contributed by atoms with E-state index >= 15 is 0 Å². The molecule has 1 aromatic carbocycles. The van der Waals surface area contributed by atoms with E-state index in [0.717, 1.165) is 23.2 Å². The van der Waals surface area contributed by atoms with Crippen molar-refractivity contribution in [1.82, 2.24) is 0 Å². The minimum Gasteiger partial charge on any atom is -0.466 e. The lowest BCUT2D eigenvalue weighted by Gasteiger charge is -2.17. The first kappa shape index (κ1) is 15.1. The molecule has 0 saturated carbocycles. The van der Waals surface area contributed by atoms with Crippen molar-refractivity contribution >= 4 is 11.7 Å². The van der Waals surface area contributed by atoms with Crippen LogP contribution in [0.4, 0.5) is 10.1 Å². The second-order valence-electron chi connectivity index (χ2n) is 4.92. The molecule has 0 aliphatic rings. The molecule has 0 fully saturated rings. The molecule has 1 atom stereocenters. The van der Waals surface area contributed by atoms with Gasteiger partial charge in [0.05, 0.1) is 18.7 Å². The Morgan fingerprint density at radius 3 is 2.62 bits per heavy atom. The lowest BCUT2D eigenvalue weighted by molar-refractivity contribution is 0.0601. The van der Waals surface area contributed by atoms with E-state index < -0.39 is 11.8 Å². The number of nitrogens with one attached hydrogen (secondary N) is 1. The van der Waals surface area contributed by atoms with Crippen LogP contribution < -0.4 is 5.32 Å². The lowest BCUT2D eigenvalue weighted by atomic mass is 10.1. The zero-order valence-corrected chi connectivity index (χ0v) is 12.5. The summed E-state index contributed by atoms with van der Waals surface area (Å²) in [6, 6.07) is 5.84. The van der Waals surface area contributed by atoms with Crippen molar-refractivity contribution in [3.63, 3.8) is 0 Å². The number of hydrogen-bond acceptors (Lipinski definition) is 4. The van der Waals surface area contributed by atoms with Crippen molar-refractivity contribution in [3.8, 4) is 0 Å². The van der Waals surface area contributed by atoms with Gasteiger partial charge in [0.25, 0.3) is 0 Å². The van der Waals surface area contributed by atoms with Gasteiger partial charge in [-0.25, -0.2) is 9.18 Å². The molecule has 112 valence electrons. The number of carbonyl (C=O) groups excluding carboxylic acids is 1. The highest BCUT2D eigenvalue weighted by atomic mass is 19.1. The second-order valence-corrected chi connectivity index (χ2v) is 4.92. The van der Waals surface area contributed by atoms with Crippen LogP contribution in [0.15, 0.2) is 28.7 Å². The Morgan fingerprint density at radius 1 is 1.33 bits per heavy atom. The van der Waals surface area contributed by atoms with Crippen LogP contribution in [0.25, 0.3) is 0 Å². The normalized spacial score (nSPS) is 12.0. The first-order valence-electron chi connectivity index (χ1n) is 6.63. The molecule has 1 N–H and O–H groups in total. The molecule has 2 rings (SSSR count). The molecule has 2 aromatic rings. The number of ether oxygens (including phenoxy) is 1. The van der Waals surface area contributed by atoms with E-state index in [4.69, 9.17) is 4.42 Å².